The van der Waals surface area contributed by atoms with Crippen molar-refractivity contribution in [2.24, 2.45) is 5.73 Å². The largest absolute Gasteiger partial charge is 0.326 e. The van der Waals surface area contributed by atoms with E-state index in [1.54, 1.807) is 29.1 Å². The second-order valence-electron chi connectivity index (χ2n) is 4.81. The Hall–Kier alpha value is -1.70. The third-order valence-electron chi connectivity index (χ3n) is 3.26. The standard InChI is InChI=1S/C14H20N4O2S/c1-12-10-14(5-4-13(12)11-15)21(19,20)17-7-3-9-18-8-2-6-16-18/h2,4-6,8,10,17H,3,7,9,11,15H2,1H3. The summed E-state index contributed by atoms with van der Waals surface area (Å²) in [6.45, 7) is 3.32. The van der Waals surface area contributed by atoms with E-state index in [1.165, 1.54) is 0 Å². The van der Waals surface area contributed by atoms with Crippen molar-refractivity contribution >= 4 is 10.0 Å². The van der Waals surface area contributed by atoms with Crippen LogP contribution in [0.4, 0.5) is 0 Å². The maximum Gasteiger partial charge on any atom is 0.240 e. The number of hydrogen-bond acceptors (Lipinski definition) is 4. The molecule has 0 aliphatic heterocycles. The van der Waals surface area contributed by atoms with Gasteiger partial charge in [-0.1, -0.05) is 6.07 Å². The van der Waals surface area contributed by atoms with Crippen molar-refractivity contribution in [2.45, 2.75) is 31.3 Å². The van der Waals surface area contributed by atoms with Gasteiger partial charge in [-0.2, -0.15) is 5.10 Å². The Morgan fingerprint density at radius 3 is 2.81 bits per heavy atom. The lowest BCUT2D eigenvalue weighted by atomic mass is 10.1. The second kappa shape index (κ2) is 6.84. The lowest BCUT2D eigenvalue weighted by Crippen LogP contribution is -2.25. The van der Waals surface area contributed by atoms with Crippen molar-refractivity contribution in [3.63, 3.8) is 0 Å². The van der Waals surface area contributed by atoms with E-state index in [1.807, 2.05) is 19.2 Å². The quantitative estimate of drug-likeness (QED) is 0.747. The molecule has 3 N–H and O–H groups in total. The molecule has 0 saturated heterocycles. The molecule has 114 valence electrons. The minimum atomic E-state index is -3.47. The average Bonchev–Trinajstić information content (AvgIpc) is 2.97. The highest BCUT2D eigenvalue weighted by molar-refractivity contribution is 7.89. The summed E-state index contributed by atoms with van der Waals surface area (Å²) in [7, 11) is -3.47. The van der Waals surface area contributed by atoms with Crippen LogP contribution in [0.25, 0.3) is 0 Å². The van der Waals surface area contributed by atoms with Crippen molar-refractivity contribution in [3.05, 3.63) is 47.8 Å². The van der Waals surface area contributed by atoms with Gasteiger partial charge in [0, 0.05) is 32.0 Å². The topological polar surface area (TPSA) is 90.0 Å². The third kappa shape index (κ3) is 4.13. The molecule has 7 heteroatoms. The smallest absolute Gasteiger partial charge is 0.240 e. The number of nitrogens with zero attached hydrogens (tertiary/aromatic N) is 2. The van der Waals surface area contributed by atoms with E-state index in [0.29, 0.717) is 26.1 Å². The number of benzene rings is 1. The summed E-state index contributed by atoms with van der Waals surface area (Å²) >= 11 is 0. The number of hydrogen-bond donors (Lipinski definition) is 2. The fraction of sp³-hybridized carbons (Fsp3) is 0.357. The van der Waals surface area contributed by atoms with Crippen LogP contribution in [0.15, 0.2) is 41.6 Å². The van der Waals surface area contributed by atoms with Gasteiger partial charge in [0.25, 0.3) is 0 Å². The molecule has 0 unspecified atom stereocenters. The van der Waals surface area contributed by atoms with Crippen LogP contribution in [-0.2, 0) is 23.1 Å². The molecule has 1 heterocycles. The Labute approximate surface area is 125 Å². The summed E-state index contributed by atoms with van der Waals surface area (Å²) in [5.74, 6) is 0. The van der Waals surface area contributed by atoms with Gasteiger partial charge in [0.15, 0.2) is 0 Å². The average molecular weight is 308 g/mol. The van der Waals surface area contributed by atoms with E-state index in [0.717, 1.165) is 11.1 Å². The number of aryl methyl sites for hydroxylation is 2. The van der Waals surface area contributed by atoms with Crippen molar-refractivity contribution in [3.8, 4) is 0 Å². The molecule has 0 aliphatic carbocycles. The molecule has 1 aromatic heterocycles. The Kier molecular flexibility index (Phi) is 5.11. The van der Waals surface area contributed by atoms with E-state index >= 15 is 0 Å². The number of nitrogens with two attached hydrogens (primary N) is 1. The molecular weight excluding hydrogens is 288 g/mol. The summed E-state index contributed by atoms with van der Waals surface area (Å²) in [6, 6.07) is 6.84. The van der Waals surface area contributed by atoms with Gasteiger partial charge in [0.1, 0.15) is 0 Å². The molecule has 0 spiro atoms. The van der Waals surface area contributed by atoms with Gasteiger partial charge in [-0.25, -0.2) is 13.1 Å². The number of rotatable bonds is 7. The van der Waals surface area contributed by atoms with Crippen LogP contribution in [0.5, 0.6) is 0 Å². The monoisotopic (exact) mass is 308 g/mol. The fourth-order valence-corrected chi connectivity index (χ4v) is 3.19. The first-order chi connectivity index (χ1) is 10.0. The summed E-state index contributed by atoms with van der Waals surface area (Å²) in [5.41, 5.74) is 7.42. The van der Waals surface area contributed by atoms with Crippen molar-refractivity contribution in [1.82, 2.24) is 14.5 Å². The fourth-order valence-electron chi connectivity index (χ4n) is 2.03. The minimum absolute atomic E-state index is 0.274. The third-order valence-corrected chi connectivity index (χ3v) is 4.72. The SMILES string of the molecule is Cc1cc(S(=O)(=O)NCCCn2cccn2)ccc1CN. The number of sulfonamides is 1. The molecule has 1 aromatic carbocycles. The van der Waals surface area contributed by atoms with E-state index < -0.39 is 10.0 Å². The molecule has 0 atom stereocenters. The zero-order valence-electron chi connectivity index (χ0n) is 12.0. The molecule has 2 aromatic rings. The maximum absolute atomic E-state index is 12.2. The summed E-state index contributed by atoms with van der Waals surface area (Å²) in [6.07, 6.45) is 4.23. The molecule has 0 saturated carbocycles. The van der Waals surface area contributed by atoms with Gasteiger partial charge in [-0.15, -0.1) is 0 Å². The van der Waals surface area contributed by atoms with Gasteiger partial charge in [0.2, 0.25) is 10.0 Å². The predicted molar refractivity (Wildman–Crippen MR) is 81.1 cm³/mol. The molecule has 21 heavy (non-hydrogen) atoms. The highest BCUT2D eigenvalue weighted by Crippen LogP contribution is 2.15. The summed E-state index contributed by atoms with van der Waals surface area (Å²) in [4.78, 5) is 0.274. The first kappa shape index (κ1) is 15.7. The zero-order valence-corrected chi connectivity index (χ0v) is 12.8. The Balaban J connectivity index is 1.93. The molecule has 6 nitrogen and oxygen atoms in total. The Morgan fingerprint density at radius 2 is 2.19 bits per heavy atom. The molecule has 0 radical (unpaired) electrons. The number of nitrogens with one attached hydrogen (secondary N) is 1. The van der Waals surface area contributed by atoms with E-state index in [2.05, 4.69) is 9.82 Å². The van der Waals surface area contributed by atoms with Crippen LogP contribution in [0.2, 0.25) is 0 Å². The molecule has 2 rings (SSSR count). The zero-order chi connectivity index (χ0) is 15.3. The van der Waals surface area contributed by atoms with Gasteiger partial charge >= 0.3 is 0 Å². The van der Waals surface area contributed by atoms with Gasteiger partial charge < -0.3 is 5.73 Å². The van der Waals surface area contributed by atoms with Crippen LogP contribution < -0.4 is 10.5 Å². The summed E-state index contributed by atoms with van der Waals surface area (Å²) < 4.78 is 28.7. The second-order valence-corrected chi connectivity index (χ2v) is 6.58. The Bertz CT molecular complexity index is 681. The molecule has 0 aliphatic rings. The van der Waals surface area contributed by atoms with Crippen molar-refractivity contribution < 1.29 is 8.42 Å². The molecular formula is C14H20N4O2S. The highest BCUT2D eigenvalue weighted by Gasteiger charge is 2.14. The molecule has 0 amide bonds. The van der Waals surface area contributed by atoms with Crippen LogP contribution >= 0.6 is 0 Å². The summed E-state index contributed by atoms with van der Waals surface area (Å²) in [5, 5.41) is 4.07. The first-order valence-electron chi connectivity index (χ1n) is 6.79. The van der Waals surface area contributed by atoms with E-state index in [-0.39, 0.29) is 4.90 Å². The van der Waals surface area contributed by atoms with Crippen molar-refractivity contribution in [2.75, 3.05) is 6.54 Å². The van der Waals surface area contributed by atoms with E-state index in [4.69, 9.17) is 5.73 Å². The Morgan fingerprint density at radius 1 is 1.38 bits per heavy atom. The lowest BCUT2D eigenvalue weighted by molar-refractivity contribution is 0.553. The molecule has 0 bridgehead atoms. The normalized spacial score (nSPS) is 11.7. The van der Waals surface area contributed by atoms with Crippen LogP contribution in [0.3, 0.4) is 0 Å². The van der Waals surface area contributed by atoms with Crippen LogP contribution in [0, 0.1) is 6.92 Å². The maximum atomic E-state index is 12.2. The lowest BCUT2D eigenvalue weighted by Gasteiger charge is -2.09. The molecule has 0 fully saturated rings. The number of aromatic nitrogens is 2. The van der Waals surface area contributed by atoms with Gasteiger partial charge in [-0.05, 0) is 42.7 Å². The minimum Gasteiger partial charge on any atom is -0.326 e. The van der Waals surface area contributed by atoms with Crippen LogP contribution in [0.1, 0.15) is 17.5 Å². The van der Waals surface area contributed by atoms with Gasteiger partial charge in [0.05, 0.1) is 4.90 Å². The van der Waals surface area contributed by atoms with Crippen LogP contribution in [-0.4, -0.2) is 24.7 Å². The predicted octanol–water partition coefficient (Wildman–Crippen LogP) is 1.02. The van der Waals surface area contributed by atoms with Gasteiger partial charge in [-0.3, -0.25) is 4.68 Å². The first-order valence-corrected chi connectivity index (χ1v) is 8.28. The highest BCUT2D eigenvalue weighted by atomic mass is 32.2. The van der Waals surface area contributed by atoms with E-state index in [9.17, 15) is 8.42 Å². The van der Waals surface area contributed by atoms with Crippen molar-refractivity contribution in [1.29, 1.82) is 0 Å².